The van der Waals surface area contributed by atoms with Crippen molar-refractivity contribution in [3.63, 3.8) is 0 Å². The molecular formula is C27H33N5O4. The van der Waals surface area contributed by atoms with E-state index < -0.39 is 0 Å². The first-order valence-electron chi connectivity index (χ1n) is 12.3. The van der Waals surface area contributed by atoms with Gasteiger partial charge in [0.2, 0.25) is 11.8 Å². The topological polar surface area (TPSA) is 98.1 Å². The van der Waals surface area contributed by atoms with Crippen molar-refractivity contribution in [1.82, 2.24) is 19.5 Å². The molecule has 36 heavy (non-hydrogen) atoms. The molecule has 4 heterocycles. The number of fused-ring (bicyclic) bond motifs is 1. The van der Waals surface area contributed by atoms with Crippen LogP contribution in [0.25, 0.3) is 5.65 Å². The number of Topliss-reactive ketones (excluding diaryl/α,β-unsaturated/α-hetero) is 1. The van der Waals surface area contributed by atoms with Gasteiger partial charge in [0.25, 0.3) is 0 Å². The highest BCUT2D eigenvalue weighted by atomic mass is 16.5. The predicted molar refractivity (Wildman–Crippen MR) is 137 cm³/mol. The maximum absolute atomic E-state index is 12.7. The summed E-state index contributed by atoms with van der Waals surface area (Å²) >= 11 is 0. The molecule has 2 fully saturated rings. The summed E-state index contributed by atoms with van der Waals surface area (Å²) in [6.45, 7) is 12.6. The SMILES string of the molecule is C=C(CC(=O)N1CCC2(COC2)C1)Nc1cn2nc(Oc3cccc(CC(C)=O)c3)ccc2n1.CC. The highest BCUT2D eigenvalue weighted by Crippen LogP contribution is 2.37. The summed E-state index contributed by atoms with van der Waals surface area (Å²) in [7, 11) is 0. The maximum atomic E-state index is 12.7. The van der Waals surface area contributed by atoms with Crippen LogP contribution in [0.2, 0.25) is 0 Å². The molecule has 5 rings (SSSR count). The number of imidazole rings is 1. The van der Waals surface area contributed by atoms with E-state index in [1.807, 2.05) is 43.0 Å². The number of aromatic nitrogens is 3. The van der Waals surface area contributed by atoms with Gasteiger partial charge in [0.1, 0.15) is 11.5 Å². The fourth-order valence-electron chi connectivity index (χ4n) is 4.40. The first kappa shape index (κ1) is 25.4. The average molecular weight is 492 g/mol. The monoisotopic (exact) mass is 491 g/mol. The Hall–Kier alpha value is -3.72. The average Bonchev–Trinajstić information content (AvgIpc) is 3.44. The van der Waals surface area contributed by atoms with Crippen LogP contribution in [-0.2, 0) is 20.7 Å². The molecule has 0 saturated carbocycles. The molecule has 9 heteroatoms. The molecule has 0 unspecified atom stereocenters. The second kappa shape index (κ2) is 10.9. The van der Waals surface area contributed by atoms with E-state index in [0.717, 1.165) is 38.3 Å². The number of rotatable bonds is 8. The fraction of sp³-hybridized carbons (Fsp3) is 0.407. The van der Waals surface area contributed by atoms with E-state index in [1.165, 1.54) is 0 Å². The number of nitrogens with one attached hydrogen (secondary N) is 1. The quantitative estimate of drug-likeness (QED) is 0.503. The molecule has 1 N–H and O–H groups in total. The third-order valence-electron chi connectivity index (χ3n) is 6.15. The van der Waals surface area contributed by atoms with Crippen LogP contribution in [-0.4, -0.2) is 57.5 Å². The van der Waals surface area contributed by atoms with Crippen molar-refractivity contribution in [2.24, 2.45) is 5.41 Å². The number of likely N-dealkylation sites (tertiary alicyclic amines) is 1. The summed E-state index contributed by atoms with van der Waals surface area (Å²) in [6, 6.07) is 10.9. The van der Waals surface area contributed by atoms with Gasteiger partial charge in [-0.2, -0.15) is 0 Å². The van der Waals surface area contributed by atoms with Crippen LogP contribution in [0.1, 0.15) is 39.2 Å². The molecule has 0 atom stereocenters. The van der Waals surface area contributed by atoms with Crippen molar-refractivity contribution in [2.75, 3.05) is 31.6 Å². The lowest BCUT2D eigenvalue weighted by molar-refractivity contribution is -0.134. The number of hydrogen-bond acceptors (Lipinski definition) is 7. The number of hydrogen-bond donors (Lipinski definition) is 1. The van der Waals surface area contributed by atoms with Crippen molar-refractivity contribution in [2.45, 2.75) is 40.0 Å². The van der Waals surface area contributed by atoms with E-state index in [1.54, 1.807) is 29.8 Å². The van der Waals surface area contributed by atoms with E-state index >= 15 is 0 Å². The second-order valence-corrected chi connectivity index (χ2v) is 9.19. The van der Waals surface area contributed by atoms with Crippen LogP contribution < -0.4 is 10.1 Å². The smallest absolute Gasteiger partial charge is 0.237 e. The van der Waals surface area contributed by atoms with Crippen molar-refractivity contribution < 1.29 is 19.1 Å². The summed E-state index contributed by atoms with van der Waals surface area (Å²) in [5.41, 5.74) is 2.27. The van der Waals surface area contributed by atoms with Gasteiger partial charge in [0, 0.05) is 36.7 Å². The van der Waals surface area contributed by atoms with Crippen molar-refractivity contribution in [1.29, 1.82) is 0 Å². The Kier molecular flexibility index (Phi) is 7.69. The summed E-state index contributed by atoms with van der Waals surface area (Å²) in [4.78, 5) is 30.4. The first-order chi connectivity index (χ1) is 17.4. The minimum atomic E-state index is 0.0610. The van der Waals surface area contributed by atoms with Crippen LogP contribution in [0.3, 0.4) is 0 Å². The molecule has 0 bridgehead atoms. The number of anilines is 1. The number of ether oxygens (including phenoxy) is 2. The predicted octanol–water partition coefficient (Wildman–Crippen LogP) is 4.24. The normalized spacial score (nSPS) is 15.7. The number of carbonyl (C=O) groups excluding carboxylic acids is 2. The minimum Gasteiger partial charge on any atom is -0.438 e. The van der Waals surface area contributed by atoms with Gasteiger partial charge in [-0.25, -0.2) is 9.50 Å². The van der Waals surface area contributed by atoms with Gasteiger partial charge in [-0.3, -0.25) is 9.59 Å². The van der Waals surface area contributed by atoms with Gasteiger partial charge in [0.05, 0.1) is 25.8 Å². The molecule has 2 saturated heterocycles. The van der Waals surface area contributed by atoms with E-state index in [4.69, 9.17) is 9.47 Å². The molecule has 2 aromatic heterocycles. The molecule has 1 amide bonds. The maximum Gasteiger partial charge on any atom is 0.237 e. The van der Waals surface area contributed by atoms with Gasteiger partial charge < -0.3 is 19.7 Å². The summed E-state index contributed by atoms with van der Waals surface area (Å²) in [6.07, 6.45) is 3.30. The Balaban J connectivity index is 0.00000148. The van der Waals surface area contributed by atoms with Crippen molar-refractivity contribution in [3.8, 4) is 11.6 Å². The molecule has 1 spiro atoms. The molecule has 2 aliphatic rings. The van der Waals surface area contributed by atoms with Gasteiger partial charge in [-0.05, 0) is 37.1 Å². The molecule has 3 aromatic rings. The zero-order chi connectivity index (χ0) is 25.7. The zero-order valence-corrected chi connectivity index (χ0v) is 21.1. The number of carbonyl (C=O) groups is 2. The lowest BCUT2D eigenvalue weighted by Gasteiger charge is -2.37. The Bertz CT molecular complexity index is 1260. The molecule has 1 aromatic carbocycles. The van der Waals surface area contributed by atoms with E-state index in [9.17, 15) is 9.59 Å². The second-order valence-electron chi connectivity index (χ2n) is 9.19. The van der Waals surface area contributed by atoms with Gasteiger partial charge in [0.15, 0.2) is 11.5 Å². The van der Waals surface area contributed by atoms with Crippen LogP contribution >= 0.6 is 0 Å². The number of nitrogens with zero attached hydrogens (tertiary/aromatic N) is 4. The van der Waals surface area contributed by atoms with Gasteiger partial charge in [-0.15, -0.1) is 5.10 Å². The Morgan fingerprint density at radius 2 is 2.03 bits per heavy atom. The fourth-order valence-corrected chi connectivity index (χ4v) is 4.40. The van der Waals surface area contributed by atoms with E-state index in [-0.39, 0.29) is 23.5 Å². The number of amides is 1. The minimum absolute atomic E-state index is 0.0610. The third kappa shape index (κ3) is 5.91. The third-order valence-corrected chi connectivity index (χ3v) is 6.15. The molecule has 0 radical (unpaired) electrons. The van der Waals surface area contributed by atoms with Crippen LogP contribution in [0.5, 0.6) is 11.6 Å². The van der Waals surface area contributed by atoms with Crippen molar-refractivity contribution >= 4 is 23.2 Å². The first-order valence-corrected chi connectivity index (χ1v) is 12.3. The Labute approximate surface area is 211 Å². The Morgan fingerprint density at radius 1 is 1.22 bits per heavy atom. The molecule has 2 aliphatic heterocycles. The van der Waals surface area contributed by atoms with E-state index in [0.29, 0.717) is 35.2 Å². The van der Waals surface area contributed by atoms with E-state index in [2.05, 4.69) is 22.0 Å². The van der Waals surface area contributed by atoms with Crippen LogP contribution in [0.4, 0.5) is 5.82 Å². The van der Waals surface area contributed by atoms with Crippen molar-refractivity contribution in [3.05, 3.63) is 60.4 Å². The number of ketones is 1. The molecule has 9 nitrogen and oxygen atoms in total. The van der Waals surface area contributed by atoms with Crippen LogP contribution in [0, 0.1) is 5.41 Å². The summed E-state index contributed by atoms with van der Waals surface area (Å²) in [5.74, 6) is 1.71. The van der Waals surface area contributed by atoms with Crippen LogP contribution in [0.15, 0.2) is 54.9 Å². The highest BCUT2D eigenvalue weighted by molar-refractivity contribution is 5.80. The summed E-state index contributed by atoms with van der Waals surface area (Å²) in [5, 5.41) is 7.57. The Morgan fingerprint density at radius 3 is 2.72 bits per heavy atom. The number of benzene rings is 1. The summed E-state index contributed by atoms with van der Waals surface area (Å²) < 4.78 is 12.8. The molecule has 0 aliphatic carbocycles. The molecule has 190 valence electrons. The lowest BCUT2D eigenvalue weighted by Crippen LogP contribution is -2.45. The van der Waals surface area contributed by atoms with Gasteiger partial charge >= 0.3 is 0 Å². The highest BCUT2D eigenvalue weighted by Gasteiger charge is 2.45. The van der Waals surface area contributed by atoms with Gasteiger partial charge in [-0.1, -0.05) is 32.6 Å². The lowest BCUT2D eigenvalue weighted by atomic mass is 9.85. The largest absolute Gasteiger partial charge is 0.438 e. The zero-order valence-electron chi connectivity index (χ0n) is 21.1. The standard InChI is InChI=1S/C25H27N5O4.C2H6/c1-17(10-24(32)29-9-8-25(14-29)15-33-16-25)26-21-13-30-22(27-21)6-7-23(28-30)34-20-5-3-4-19(12-20)11-18(2)31;1-2/h3-7,12-13,26H,1,8-11,14-16H2,2H3;1-2H3. The molecular weight excluding hydrogens is 458 g/mol.